The lowest BCUT2D eigenvalue weighted by Crippen LogP contribution is -2.24. The minimum atomic E-state index is -0.694. The highest BCUT2D eigenvalue weighted by atomic mass is 35.5. The summed E-state index contributed by atoms with van der Waals surface area (Å²) in [6, 6.07) is 8.20. The van der Waals surface area contributed by atoms with Crippen molar-refractivity contribution in [2.75, 3.05) is 13.1 Å². The van der Waals surface area contributed by atoms with E-state index >= 15 is 0 Å². The second-order valence-corrected chi connectivity index (χ2v) is 5.41. The number of aliphatic carboxylic acids is 1. The van der Waals surface area contributed by atoms with Gasteiger partial charge in [0.2, 0.25) is 0 Å². The van der Waals surface area contributed by atoms with Gasteiger partial charge in [-0.3, -0.25) is 9.69 Å². The molecule has 98 valence electrons. The number of carboxylic acids is 1. The van der Waals surface area contributed by atoms with Crippen molar-refractivity contribution in [1.29, 1.82) is 0 Å². The summed E-state index contributed by atoms with van der Waals surface area (Å²) in [4.78, 5) is 13.1. The molecule has 0 saturated carbocycles. The molecule has 18 heavy (non-hydrogen) atoms. The zero-order valence-electron chi connectivity index (χ0n) is 10.5. The smallest absolute Gasteiger partial charge is 0.303 e. The average Bonchev–Trinajstić information content (AvgIpc) is 2.76. The molecule has 1 heterocycles. The van der Waals surface area contributed by atoms with E-state index in [9.17, 15) is 4.79 Å². The van der Waals surface area contributed by atoms with Gasteiger partial charge in [0.1, 0.15) is 0 Å². The number of hydrogen-bond donors (Lipinski definition) is 1. The molecule has 1 aromatic carbocycles. The molecule has 1 N–H and O–H groups in total. The van der Waals surface area contributed by atoms with Gasteiger partial charge in [0.05, 0.1) is 0 Å². The summed E-state index contributed by atoms with van der Waals surface area (Å²) in [6.07, 6.45) is 1.26. The molecule has 2 rings (SSSR count). The van der Waals surface area contributed by atoms with Crippen molar-refractivity contribution in [3.8, 4) is 0 Å². The van der Waals surface area contributed by atoms with Crippen molar-refractivity contribution in [1.82, 2.24) is 4.90 Å². The minimum Gasteiger partial charge on any atom is -0.481 e. The minimum absolute atomic E-state index is 0.282. The number of hydrogen-bond acceptors (Lipinski definition) is 2. The Balaban J connectivity index is 1.96. The maximum atomic E-state index is 10.7. The Labute approximate surface area is 112 Å². The molecule has 1 aliphatic heterocycles. The molecule has 1 fully saturated rings. The Morgan fingerprint density at radius 3 is 2.78 bits per heavy atom. The quantitative estimate of drug-likeness (QED) is 0.911. The molecule has 0 bridgehead atoms. The number of carbonyl (C=O) groups is 1. The molecular formula is C14H18ClNO2. The second-order valence-electron chi connectivity index (χ2n) is 4.98. The van der Waals surface area contributed by atoms with Gasteiger partial charge in [-0.2, -0.15) is 0 Å². The van der Waals surface area contributed by atoms with Gasteiger partial charge in [-0.05, 0) is 43.5 Å². The highest BCUT2D eigenvalue weighted by molar-refractivity contribution is 6.30. The first-order chi connectivity index (χ1) is 8.56. The fraction of sp³-hybridized carbons (Fsp3) is 0.500. The van der Waals surface area contributed by atoms with Crippen molar-refractivity contribution >= 4 is 17.6 Å². The van der Waals surface area contributed by atoms with Crippen LogP contribution in [-0.4, -0.2) is 29.1 Å². The molecule has 2 atom stereocenters. The van der Waals surface area contributed by atoms with E-state index in [2.05, 4.69) is 11.8 Å². The van der Waals surface area contributed by atoms with Gasteiger partial charge in [0, 0.05) is 24.0 Å². The molecule has 4 heteroatoms. The zero-order valence-corrected chi connectivity index (χ0v) is 11.2. The Hall–Kier alpha value is -1.06. The van der Waals surface area contributed by atoms with E-state index in [0.29, 0.717) is 6.04 Å². The molecule has 0 aromatic heterocycles. The molecule has 1 saturated heterocycles. The molecule has 0 spiro atoms. The number of halogens is 1. The highest BCUT2D eigenvalue weighted by Crippen LogP contribution is 2.29. The van der Waals surface area contributed by atoms with Crippen LogP contribution in [0.25, 0.3) is 0 Å². The van der Waals surface area contributed by atoms with Gasteiger partial charge in [-0.1, -0.05) is 23.7 Å². The summed E-state index contributed by atoms with van der Waals surface area (Å²) in [5.41, 5.74) is 1.23. The van der Waals surface area contributed by atoms with Crippen LogP contribution in [0.3, 0.4) is 0 Å². The predicted octanol–water partition coefficient (Wildman–Crippen LogP) is 3.20. The number of carboxylic acid groups (broad SMARTS) is 1. The zero-order chi connectivity index (χ0) is 13.1. The molecule has 0 radical (unpaired) electrons. The van der Waals surface area contributed by atoms with Gasteiger partial charge < -0.3 is 5.11 Å². The van der Waals surface area contributed by atoms with Crippen molar-refractivity contribution in [3.05, 3.63) is 34.9 Å². The Bertz CT molecular complexity index is 418. The van der Waals surface area contributed by atoms with Crippen LogP contribution >= 0.6 is 11.6 Å². The average molecular weight is 268 g/mol. The predicted molar refractivity (Wildman–Crippen MR) is 71.8 cm³/mol. The standard InChI is InChI=1S/C14H18ClNO2/c1-10(12-2-4-13(15)5-3-12)16-7-6-11(9-16)8-14(17)18/h2-5,10-11H,6-9H2,1H3,(H,17,18). The van der Waals surface area contributed by atoms with Crippen LogP contribution in [0, 0.1) is 5.92 Å². The van der Waals surface area contributed by atoms with Gasteiger partial charge in [0.15, 0.2) is 0 Å². The number of benzene rings is 1. The van der Waals surface area contributed by atoms with E-state index in [1.165, 1.54) is 5.56 Å². The fourth-order valence-electron chi connectivity index (χ4n) is 2.58. The third-order valence-electron chi connectivity index (χ3n) is 3.68. The fourth-order valence-corrected chi connectivity index (χ4v) is 2.71. The summed E-state index contributed by atoms with van der Waals surface area (Å²) < 4.78 is 0. The van der Waals surface area contributed by atoms with E-state index in [-0.39, 0.29) is 12.3 Å². The lowest BCUT2D eigenvalue weighted by Gasteiger charge is -2.24. The molecule has 0 aliphatic carbocycles. The van der Waals surface area contributed by atoms with E-state index in [1.807, 2.05) is 24.3 Å². The Morgan fingerprint density at radius 1 is 1.50 bits per heavy atom. The second kappa shape index (κ2) is 5.72. The van der Waals surface area contributed by atoms with E-state index < -0.39 is 5.97 Å². The maximum absolute atomic E-state index is 10.7. The monoisotopic (exact) mass is 267 g/mol. The lowest BCUT2D eigenvalue weighted by atomic mass is 10.1. The Kier molecular flexibility index (Phi) is 4.25. The lowest BCUT2D eigenvalue weighted by molar-refractivity contribution is -0.138. The highest BCUT2D eigenvalue weighted by Gasteiger charge is 2.27. The largest absolute Gasteiger partial charge is 0.481 e. The third kappa shape index (κ3) is 3.24. The normalized spacial score (nSPS) is 22.0. The number of likely N-dealkylation sites (tertiary alicyclic amines) is 1. The van der Waals surface area contributed by atoms with Crippen molar-refractivity contribution in [2.24, 2.45) is 5.92 Å². The van der Waals surface area contributed by atoms with Gasteiger partial charge in [-0.25, -0.2) is 0 Å². The van der Waals surface area contributed by atoms with Crippen LogP contribution in [0.1, 0.15) is 31.4 Å². The molecular weight excluding hydrogens is 250 g/mol. The van der Waals surface area contributed by atoms with Gasteiger partial charge in [-0.15, -0.1) is 0 Å². The third-order valence-corrected chi connectivity index (χ3v) is 3.93. The van der Waals surface area contributed by atoms with Crippen LogP contribution in [0.2, 0.25) is 5.02 Å². The number of nitrogens with zero attached hydrogens (tertiary/aromatic N) is 1. The van der Waals surface area contributed by atoms with E-state index in [0.717, 1.165) is 24.5 Å². The van der Waals surface area contributed by atoms with Crippen molar-refractivity contribution in [3.63, 3.8) is 0 Å². The van der Waals surface area contributed by atoms with Crippen LogP contribution in [0.15, 0.2) is 24.3 Å². The van der Waals surface area contributed by atoms with Gasteiger partial charge >= 0.3 is 5.97 Å². The number of rotatable bonds is 4. The first-order valence-electron chi connectivity index (χ1n) is 6.27. The Morgan fingerprint density at radius 2 is 2.17 bits per heavy atom. The summed E-state index contributed by atoms with van der Waals surface area (Å²) in [5, 5.41) is 9.56. The van der Waals surface area contributed by atoms with Crippen molar-refractivity contribution in [2.45, 2.75) is 25.8 Å². The maximum Gasteiger partial charge on any atom is 0.303 e. The molecule has 0 amide bonds. The molecule has 1 aliphatic rings. The van der Waals surface area contributed by atoms with Crippen LogP contribution in [0.4, 0.5) is 0 Å². The summed E-state index contributed by atoms with van der Waals surface area (Å²) >= 11 is 5.88. The summed E-state index contributed by atoms with van der Waals surface area (Å²) in [5.74, 6) is -0.404. The summed E-state index contributed by atoms with van der Waals surface area (Å²) in [6.45, 7) is 4.00. The first-order valence-corrected chi connectivity index (χ1v) is 6.65. The van der Waals surface area contributed by atoms with Gasteiger partial charge in [0.25, 0.3) is 0 Å². The van der Waals surface area contributed by atoms with Crippen LogP contribution < -0.4 is 0 Å². The van der Waals surface area contributed by atoms with Crippen LogP contribution in [0.5, 0.6) is 0 Å². The molecule has 2 unspecified atom stereocenters. The molecule has 1 aromatic rings. The first kappa shape index (κ1) is 13.4. The SMILES string of the molecule is CC(c1ccc(Cl)cc1)N1CCC(CC(=O)O)C1. The molecule has 3 nitrogen and oxygen atoms in total. The van der Waals surface area contributed by atoms with E-state index in [1.54, 1.807) is 0 Å². The topological polar surface area (TPSA) is 40.5 Å². The van der Waals surface area contributed by atoms with Crippen molar-refractivity contribution < 1.29 is 9.90 Å². The summed E-state index contributed by atoms with van der Waals surface area (Å²) in [7, 11) is 0. The van der Waals surface area contributed by atoms with Crippen LogP contribution in [-0.2, 0) is 4.79 Å². The van der Waals surface area contributed by atoms with E-state index in [4.69, 9.17) is 16.7 Å².